The SMILES string of the molecule is CN(CC1CCCNC1)c1c(Cl)cnn(CC2CC2)c1=O. The van der Waals surface area contributed by atoms with Gasteiger partial charge in [0.15, 0.2) is 0 Å². The summed E-state index contributed by atoms with van der Waals surface area (Å²) < 4.78 is 1.58. The molecule has 0 radical (unpaired) electrons. The highest BCUT2D eigenvalue weighted by Crippen LogP contribution is 2.30. The molecule has 1 saturated heterocycles. The van der Waals surface area contributed by atoms with E-state index >= 15 is 0 Å². The van der Waals surface area contributed by atoms with Crippen LogP contribution in [0.3, 0.4) is 0 Å². The van der Waals surface area contributed by atoms with Crippen LogP contribution < -0.4 is 15.8 Å². The van der Waals surface area contributed by atoms with Crippen LogP contribution in [0, 0.1) is 11.8 Å². The quantitative estimate of drug-likeness (QED) is 0.900. The Morgan fingerprint density at radius 1 is 1.43 bits per heavy atom. The molecule has 2 aliphatic rings. The number of anilines is 1. The first kappa shape index (κ1) is 14.9. The molecular weight excluding hydrogens is 288 g/mol. The molecule has 1 aromatic heterocycles. The molecule has 5 nitrogen and oxygen atoms in total. The van der Waals surface area contributed by atoms with Crippen LogP contribution in [0.5, 0.6) is 0 Å². The second-order valence-corrected chi connectivity index (χ2v) is 6.77. The van der Waals surface area contributed by atoms with Gasteiger partial charge in [0, 0.05) is 20.1 Å². The average Bonchev–Trinajstić information content (AvgIpc) is 3.27. The monoisotopic (exact) mass is 310 g/mol. The number of piperidine rings is 1. The lowest BCUT2D eigenvalue weighted by molar-refractivity contribution is 0.380. The van der Waals surface area contributed by atoms with Gasteiger partial charge in [-0.1, -0.05) is 11.6 Å². The summed E-state index contributed by atoms with van der Waals surface area (Å²) in [6.07, 6.45) is 6.42. The maximum atomic E-state index is 12.6. The summed E-state index contributed by atoms with van der Waals surface area (Å²) in [5, 5.41) is 8.05. The van der Waals surface area contributed by atoms with E-state index < -0.39 is 0 Å². The van der Waals surface area contributed by atoms with E-state index in [4.69, 9.17) is 11.6 Å². The Bertz CT molecular complexity index is 549. The Balaban J connectivity index is 1.76. The van der Waals surface area contributed by atoms with Crippen LogP contribution in [-0.2, 0) is 6.54 Å². The van der Waals surface area contributed by atoms with Crippen molar-refractivity contribution in [2.75, 3.05) is 31.6 Å². The van der Waals surface area contributed by atoms with Crippen LogP contribution >= 0.6 is 11.6 Å². The fourth-order valence-electron chi connectivity index (χ4n) is 3.04. The van der Waals surface area contributed by atoms with Crippen LogP contribution in [0.15, 0.2) is 11.0 Å². The second-order valence-electron chi connectivity index (χ2n) is 6.36. The highest BCUT2D eigenvalue weighted by Gasteiger charge is 2.25. The predicted octanol–water partition coefficient (Wildman–Crippen LogP) is 1.74. The lowest BCUT2D eigenvalue weighted by Gasteiger charge is -2.29. The first-order chi connectivity index (χ1) is 10.1. The number of rotatable bonds is 5. The molecule has 0 aromatic carbocycles. The van der Waals surface area contributed by atoms with Crippen molar-refractivity contribution in [2.45, 2.75) is 32.2 Å². The lowest BCUT2D eigenvalue weighted by atomic mass is 9.99. The number of aromatic nitrogens is 2. The first-order valence-electron chi connectivity index (χ1n) is 7.82. The topological polar surface area (TPSA) is 50.2 Å². The Kier molecular flexibility index (Phi) is 4.50. The molecule has 1 aromatic rings. The summed E-state index contributed by atoms with van der Waals surface area (Å²) >= 11 is 6.23. The minimum Gasteiger partial charge on any atom is -0.369 e. The van der Waals surface area contributed by atoms with E-state index in [0.717, 1.165) is 26.2 Å². The van der Waals surface area contributed by atoms with E-state index in [1.54, 1.807) is 10.9 Å². The first-order valence-corrected chi connectivity index (χ1v) is 8.20. The van der Waals surface area contributed by atoms with Gasteiger partial charge in [0.1, 0.15) is 5.69 Å². The van der Waals surface area contributed by atoms with E-state index in [2.05, 4.69) is 10.4 Å². The van der Waals surface area contributed by atoms with Gasteiger partial charge in [-0.15, -0.1) is 0 Å². The molecule has 6 heteroatoms. The molecule has 1 atom stereocenters. The number of hydrogen-bond donors (Lipinski definition) is 1. The zero-order valence-corrected chi connectivity index (χ0v) is 13.3. The number of nitrogens with one attached hydrogen (secondary N) is 1. The molecule has 0 spiro atoms. The van der Waals surface area contributed by atoms with Crippen molar-refractivity contribution >= 4 is 17.3 Å². The fourth-order valence-corrected chi connectivity index (χ4v) is 3.31. The van der Waals surface area contributed by atoms with Crippen molar-refractivity contribution in [3.63, 3.8) is 0 Å². The van der Waals surface area contributed by atoms with Crippen molar-refractivity contribution < 1.29 is 0 Å². The van der Waals surface area contributed by atoms with Crippen LogP contribution in [-0.4, -0.2) is 36.5 Å². The molecule has 116 valence electrons. The Morgan fingerprint density at radius 3 is 2.90 bits per heavy atom. The van der Waals surface area contributed by atoms with Gasteiger partial charge in [0.25, 0.3) is 5.56 Å². The van der Waals surface area contributed by atoms with Gasteiger partial charge in [-0.25, -0.2) is 4.68 Å². The third kappa shape index (κ3) is 3.58. The highest BCUT2D eigenvalue weighted by atomic mass is 35.5. The van der Waals surface area contributed by atoms with E-state index in [1.165, 1.54) is 25.7 Å². The highest BCUT2D eigenvalue weighted by molar-refractivity contribution is 6.33. The van der Waals surface area contributed by atoms with Gasteiger partial charge in [-0.3, -0.25) is 4.79 Å². The van der Waals surface area contributed by atoms with Gasteiger partial charge in [0.05, 0.1) is 11.2 Å². The summed E-state index contributed by atoms with van der Waals surface area (Å²) in [7, 11) is 1.96. The minimum absolute atomic E-state index is 0.0549. The van der Waals surface area contributed by atoms with Crippen LogP contribution in [0.25, 0.3) is 0 Å². The van der Waals surface area contributed by atoms with Gasteiger partial charge >= 0.3 is 0 Å². The van der Waals surface area contributed by atoms with Crippen molar-refractivity contribution in [3.05, 3.63) is 21.6 Å². The standard InChI is InChI=1S/C15H23ClN4O/c1-19(9-12-3-2-6-17-7-12)14-13(16)8-18-20(15(14)21)10-11-4-5-11/h8,11-12,17H,2-7,9-10H2,1H3. The van der Waals surface area contributed by atoms with Crippen molar-refractivity contribution in [3.8, 4) is 0 Å². The van der Waals surface area contributed by atoms with E-state index in [-0.39, 0.29) is 5.56 Å². The van der Waals surface area contributed by atoms with Crippen molar-refractivity contribution in [1.29, 1.82) is 0 Å². The smallest absolute Gasteiger partial charge is 0.291 e. The molecule has 3 rings (SSSR count). The van der Waals surface area contributed by atoms with E-state index in [9.17, 15) is 4.79 Å². The second kappa shape index (κ2) is 6.36. The molecule has 2 fully saturated rings. The fraction of sp³-hybridized carbons (Fsp3) is 0.733. The largest absolute Gasteiger partial charge is 0.369 e. The number of halogens is 1. The average molecular weight is 311 g/mol. The van der Waals surface area contributed by atoms with Crippen LogP contribution in [0.4, 0.5) is 5.69 Å². The molecule has 1 unspecified atom stereocenters. The molecule has 0 amide bonds. The van der Waals surface area contributed by atoms with E-state index in [1.807, 2.05) is 11.9 Å². The summed E-state index contributed by atoms with van der Waals surface area (Å²) in [5.74, 6) is 1.20. The summed E-state index contributed by atoms with van der Waals surface area (Å²) in [5.41, 5.74) is 0.540. The van der Waals surface area contributed by atoms with Crippen LogP contribution in [0.2, 0.25) is 5.02 Å². The third-order valence-corrected chi connectivity index (χ3v) is 4.69. The summed E-state index contributed by atoms with van der Waals surface area (Å²) in [6, 6.07) is 0. The zero-order valence-electron chi connectivity index (χ0n) is 12.5. The third-order valence-electron chi connectivity index (χ3n) is 4.41. The molecule has 21 heavy (non-hydrogen) atoms. The van der Waals surface area contributed by atoms with Gasteiger partial charge in [-0.05, 0) is 50.6 Å². The normalized spacial score (nSPS) is 22.3. The zero-order chi connectivity index (χ0) is 14.8. The molecule has 1 aliphatic carbocycles. The van der Waals surface area contributed by atoms with Crippen molar-refractivity contribution in [2.24, 2.45) is 11.8 Å². The Hall–Kier alpha value is -1.07. The molecule has 1 aliphatic heterocycles. The Labute approximate surface area is 130 Å². The van der Waals surface area contributed by atoms with Gasteiger partial charge in [0.2, 0.25) is 0 Å². The molecular formula is C15H23ClN4O. The maximum Gasteiger partial charge on any atom is 0.291 e. The predicted molar refractivity (Wildman–Crippen MR) is 85.1 cm³/mol. The summed E-state index contributed by atoms with van der Waals surface area (Å²) in [6.45, 7) is 3.70. The summed E-state index contributed by atoms with van der Waals surface area (Å²) in [4.78, 5) is 14.6. The molecule has 1 saturated carbocycles. The Morgan fingerprint density at radius 2 is 2.24 bits per heavy atom. The molecule has 0 bridgehead atoms. The number of hydrogen-bond acceptors (Lipinski definition) is 4. The van der Waals surface area contributed by atoms with E-state index in [0.29, 0.717) is 22.5 Å². The lowest BCUT2D eigenvalue weighted by Crippen LogP contribution is -2.39. The maximum absolute atomic E-state index is 12.6. The van der Waals surface area contributed by atoms with Crippen LogP contribution in [0.1, 0.15) is 25.7 Å². The number of nitrogens with zero attached hydrogens (tertiary/aromatic N) is 3. The van der Waals surface area contributed by atoms with Crippen molar-refractivity contribution in [1.82, 2.24) is 15.1 Å². The van der Waals surface area contributed by atoms with Gasteiger partial charge in [-0.2, -0.15) is 5.10 Å². The molecule has 1 N–H and O–H groups in total. The molecule has 2 heterocycles. The van der Waals surface area contributed by atoms with Gasteiger partial charge < -0.3 is 10.2 Å². The minimum atomic E-state index is -0.0549.